The minimum Gasteiger partial charge on any atom is -0.507 e. The smallest absolute Gasteiger partial charge is 0.184 e. The number of nitrogens with zero attached hydrogens (tertiary/aromatic N) is 8. The molecule has 2 aromatic carbocycles. The third kappa shape index (κ3) is 10.5. The summed E-state index contributed by atoms with van der Waals surface area (Å²) in [6.45, 7) is 26.0. The standard InChI is InChI=1S/C56H72N10O2/c1-13-19-37-38(20-14-2)48-59-47(37)60-49-39(21-15-3)41(23-17-5)51(62-49)64-53-45(57-31-33-29-35(55(7,8)9)25-27-43(33)67)46(58-32-34-30-36(56(10,11)12)26-28-44(34)68)54(66-53)65-52-42(24-18-6)40(22-16-4)50(61-48)63-52/h25-32,67-68H,13-24H2,1-12H3,(H2,59,60,61,62,63,64,65,66). The summed E-state index contributed by atoms with van der Waals surface area (Å²) < 4.78 is 0. The Bertz CT molecular complexity index is 2780. The predicted molar refractivity (Wildman–Crippen MR) is 280 cm³/mol. The summed E-state index contributed by atoms with van der Waals surface area (Å²) in [5.74, 6) is 2.20. The van der Waals surface area contributed by atoms with Crippen LogP contribution in [0.2, 0.25) is 0 Å². The zero-order valence-electron chi connectivity index (χ0n) is 42.6. The summed E-state index contributed by atoms with van der Waals surface area (Å²) in [7, 11) is 0. The van der Waals surface area contributed by atoms with Crippen LogP contribution in [0.1, 0.15) is 202 Å². The Hall–Kier alpha value is -6.30. The third-order valence-corrected chi connectivity index (χ3v) is 12.6. The number of aromatic nitrogens is 8. The number of nitrogens with one attached hydrogen (secondary N) is 2. The third-order valence-electron chi connectivity index (χ3n) is 12.6. The van der Waals surface area contributed by atoms with E-state index in [2.05, 4.69) is 93.1 Å². The topological polar surface area (TPSA) is 174 Å². The van der Waals surface area contributed by atoms with Crippen LogP contribution in [0.15, 0.2) is 46.4 Å². The number of phenolic OH excluding ortho intramolecular Hbond substituents is 2. The van der Waals surface area contributed by atoms with Crippen molar-refractivity contribution < 1.29 is 10.2 Å². The first-order valence-corrected chi connectivity index (χ1v) is 25.0. The molecule has 7 rings (SSSR count). The number of allylic oxidation sites excluding steroid dienone is 2. The van der Waals surface area contributed by atoms with E-state index >= 15 is 0 Å². The molecular weight excluding hydrogens is 845 g/mol. The quantitative estimate of drug-likeness (QED) is 0.0708. The van der Waals surface area contributed by atoms with Crippen LogP contribution in [0.5, 0.6) is 11.5 Å². The van der Waals surface area contributed by atoms with Gasteiger partial charge in [0.05, 0.1) is 0 Å². The molecule has 0 atom stereocenters. The van der Waals surface area contributed by atoms with E-state index in [1.54, 1.807) is 24.6 Å². The second kappa shape index (κ2) is 20.9. The van der Waals surface area contributed by atoms with Gasteiger partial charge in [0.15, 0.2) is 23.3 Å². The molecule has 2 aliphatic rings. The molecule has 0 radical (unpaired) electrons. The van der Waals surface area contributed by atoms with Crippen LogP contribution in [-0.4, -0.2) is 62.5 Å². The van der Waals surface area contributed by atoms with Gasteiger partial charge in [0, 0.05) is 57.0 Å². The van der Waals surface area contributed by atoms with Gasteiger partial charge in [-0.1, -0.05) is 134 Å². The second-order valence-corrected chi connectivity index (χ2v) is 20.2. The van der Waals surface area contributed by atoms with Gasteiger partial charge in [0.1, 0.15) is 45.5 Å². The van der Waals surface area contributed by atoms with E-state index in [9.17, 15) is 10.2 Å². The van der Waals surface area contributed by atoms with Crippen molar-refractivity contribution in [1.82, 2.24) is 39.9 Å². The van der Waals surface area contributed by atoms with Crippen LogP contribution in [0.4, 0.5) is 0 Å². The number of hydrogen-bond acceptors (Lipinski definition) is 10. The van der Waals surface area contributed by atoms with Gasteiger partial charge >= 0.3 is 0 Å². The van der Waals surface area contributed by atoms with E-state index in [4.69, 9.17) is 39.9 Å². The number of aryl methyl sites for hydroxylation is 4. The van der Waals surface area contributed by atoms with Crippen molar-refractivity contribution in [2.75, 3.05) is 0 Å². The van der Waals surface area contributed by atoms with Crippen molar-refractivity contribution in [3.05, 3.63) is 104 Å². The number of aromatic hydroxyl groups is 2. The first kappa shape index (κ1) is 49.6. The van der Waals surface area contributed by atoms with Gasteiger partial charge in [-0.25, -0.2) is 39.9 Å². The highest BCUT2D eigenvalue weighted by Crippen LogP contribution is 2.37. The number of aromatic amines is 2. The first-order chi connectivity index (χ1) is 32.5. The molecular formula is C56H72N10O2. The zero-order chi connectivity index (χ0) is 48.9. The summed E-state index contributed by atoms with van der Waals surface area (Å²) in [6, 6.07) is 11.2. The molecule has 2 aliphatic heterocycles. The summed E-state index contributed by atoms with van der Waals surface area (Å²) in [5, 5.41) is 22.5. The fraction of sp³-hybridized carbons (Fsp3) is 0.464. The van der Waals surface area contributed by atoms with E-state index in [0.717, 1.165) is 133 Å². The van der Waals surface area contributed by atoms with Crippen molar-refractivity contribution in [1.29, 1.82) is 0 Å². The average molecular weight is 917 g/mol. The molecule has 3 aromatic heterocycles. The van der Waals surface area contributed by atoms with Gasteiger partial charge in [0.25, 0.3) is 0 Å². The molecule has 68 heavy (non-hydrogen) atoms. The van der Waals surface area contributed by atoms with Gasteiger partial charge in [-0.3, -0.25) is 0 Å². The maximum atomic E-state index is 11.2. The Labute approximate surface area is 402 Å². The highest BCUT2D eigenvalue weighted by atomic mass is 16.3. The van der Waals surface area contributed by atoms with Crippen LogP contribution in [0.3, 0.4) is 0 Å². The number of rotatable bonds is 16. The molecule has 0 saturated carbocycles. The molecule has 5 heterocycles. The van der Waals surface area contributed by atoms with E-state index < -0.39 is 0 Å². The molecule has 8 bridgehead atoms. The lowest BCUT2D eigenvalue weighted by Crippen LogP contribution is -2.11. The second-order valence-electron chi connectivity index (χ2n) is 20.2. The van der Waals surface area contributed by atoms with Crippen molar-refractivity contribution >= 4 is 57.6 Å². The first-order valence-electron chi connectivity index (χ1n) is 25.0. The monoisotopic (exact) mass is 917 g/mol. The average Bonchev–Trinajstić information content (AvgIpc) is 3.98. The van der Waals surface area contributed by atoms with Gasteiger partial charge in [-0.15, -0.1) is 0 Å². The molecule has 0 spiro atoms. The number of fused-ring (bicyclic) bond motifs is 8. The zero-order valence-corrected chi connectivity index (χ0v) is 42.6. The van der Waals surface area contributed by atoms with E-state index in [1.807, 2.05) is 24.3 Å². The highest BCUT2D eigenvalue weighted by Gasteiger charge is 2.27. The maximum absolute atomic E-state index is 11.2. The largest absolute Gasteiger partial charge is 0.507 e. The SMILES string of the molecule is CCCC1=C(CCC)c2nc1nc1[nH]c(nc3nc(nc4[nH]c(n2)c(CCC)c4CCC)C(N=Cc2cc(C(C)(C)C)ccc2O)=C3N=Cc2cc(C(C)(C)C)ccc2O)c(CCC)c1CCC. The molecule has 0 unspecified atom stereocenters. The summed E-state index contributed by atoms with van der Waals surface area (Å²) in [4.78, 5) is 49.7. The fourth-order valence-electron chi connectivity index (χ4n) is 9.02. The number of hydrogen-bond donors (Lipinski definition) is 4. The molecule has 12 heteroatoms. The summed E-state index contributed by atoms with van der Waals surface area (Å²) in [5.41, 5.74) is 13.0. The molecule has 0 amide bonds. The number of H-pyrrole nitrogens is 2. The minimum absolute atomic E-state index is 0.0956. The van der Waals surface area contributed by atoms with Gasteiger partial charge in [-0.05, 0) is 84.7 Å². The van der Waals surface area contributed by atoms with Crippen molar-refractivity contribution in [3.8, 4) is 11.5 Å². The number of phenols is 2. The van der Waals surface area contributed by atoms with E-state index in [-0.39, 0.29) is 22.3 Å². The Morgan fingerprint density at radius 1 is 0.441 bits per heavy atom. The number of benzene rings is 2. The minimum atomic E-state index is -0.171. The van der Waals surface area contributed by atoms with Crippen LogP contribution in [-0.2, 0) is 36.5 Å². The Morgan fingerprint density at radius 2 is 0.750 bits per heavy atom. The Morgan fingerprint density at radius 3 is 1.06 bits per heavy atom. The van der Waals surface area contributed by atoms with Gasteiger partial charge in [0.2, 0.25) is 0 Å². The van der Waals surface area contributed by atoms with E-state index in [0.29, 0.717) is 57.1 Å². The Balaban J connectivity index is 1.67. The molecule has 0 saturated heterocycles. The predicted octanol–water partition coefficient (Wildman–Crippen LogP) is 13.3. The normalized spacial score (nSPS) is 13.6. The lowest BCUT2D eigenvalue weighted by molar-refractivity contribution is 0.472. The van der Waals surface area contributed by atoms with Crippen molar-refractivity contribution in [2.45, 2.75) is 171 Å². The fourth-order valence-corrected chi connectivity index (χ4v) is 9.02. The number of aliphatic imine (C=N–C) groups is 2. The van der Waals surface area contributed by atoms with Crippen LogP contribution in [0.25, 0.3) is 45.1 Å². The molecule has 358 valence electrons. The lowest BCUT2D eigenvalue weighted by Gasteiger charge is -2.19. The highest BCUT2D eigenvalue weighted by molar-refractivity contribution is 5.99. The van der Waals surface area contributed by atoms with E-state index in [1.165, 1.54) is 0 Å². The molecule has 0 aliphatic carbocycles. The molecule has 12 nitrogen and oxygen atoms in total. The molecule has 4 N–H and O–H groups in total. The summed E-state index contributed by atoms with van der Waals surface area (Å²) >= 11 is 0. The maximum Gasteiger partial charge on any atom is 0.184 e. The lowest BCUT2D eigenvalue weighted by atomic mass is 9.86. The van der Waals surface area contributed by atoms with Crippen LogP contribution in [0, 0.1) is 0 Å². The van der Waals surface area contributed by atoms with Crippen molar-refractivity contribution in [2.24, 2.45) is 9.98 Å². The summed E-state index contributed by atoms with van der Waals surface area (Å²) in [6.07, 6.45) is 13.6. The molecule has 0 fully saturated rings. The van der Waals surface area contributed by atoms with Crippen molar-refractivity contribution in [3.63, 3.8) is 0 Å². The van der Waals surface area contributed by atoms with Gasteiger partial charge in [-0.2, -0.15) is 0 Å². The Kier molecular flexibility index (Phi) is 15.3. The molecule has 5 aromatic rings. The van der Waals surface area contributed by atoms with Crippen LogP contribution >= 0.6 is 0 Å². The van der Waals surface area contributed by atoms with Crippen LogP contribution < -0.4 is 0 Å². The van der Waals surface area contributed by atoms with Gasteiger partial charge < -0.3 is 20.2 Å².